The van der Waals surface area contributed by atoms with Crippen LogP contribution in [-0.2, 0) is 0 Å². The first-order valence-corrected chi connectivity index (χ1v) is 3.11. The van der Waals surface area contributed by atoms with Gasteiger partial charge < -0.3 is 0 Å². The number of hydrogen-bond acceptors (Lipinski definition) is 3. The summed E-state index contributed by atoms with van der Waals surface area (Å²) in [5.74, 6) is 0.162. The van der Waals surface area contributed by atoms with Crippen molar-refractivity contribution >= 4 is 0 Å². The highest BCUT2D eigenvalue weighted by Crippen LogP contribution is 2.09. The molecule has 0 aromatic rings. The van der Waals surface area contributed by atoms with Gasteiger partial charge in [0.05, 0.1) is 12.0 Å². The molecule has 3 nitrogen and oxygen atoms in total. The molecule has 2 atom stereocenters. The normalized spacial score (nSPS) is 36.6. The molecule has 1 N–H and O–H groups in total. The van der Waals surface area contributed by atoms with E-state index in [-0.39, 0.29) is 5.92 Å². The van der Waals surface area contributed by atoms with E-state index >= 15 is 0 Å². The molecule has 0 radical (unpaired) electrons. The first-order chi connectivity index (χ1) is 4.24. The Balaban J connectivity index is 2.50. The van der Waals surface area contributed by atoms with Gasteiger partial charge in [-0.25, -0.2) is 5.01 Å². The summed E-state index contributed by atoms with van der Waals surface area (Å²) in [4.78, 5) is 0. The van der Waals surface area contributed by atoms with Crippen LogP contribution in [0.5, 0.6) is 0 Å². The van der Waals surface area contributed by atoms with Gasteiger partial charge in [-0.2, -0.15) is 5.26 Å². The van der Waals surface area contributed by atoms with Crippen molar-refractivity contribution in [1.82, 2.24) is 10.4 Å². The van der Waals surface area contributed by atoms with Gasteiger partial charge >= 0.3 is 0 Å². The second-order valence-electron chi connectivity index (χ2n) is 2.53. The average Bonchev–Trinajstić information content (AvgIpc) is 2.10. The third-order valence-electron chi connectivity index (χ3n) is 1.66. The second-order valence-corrected chi connectivity index (χ2v) is 2.53. The van der Waals surface area contributed by atoms with Crippen LogP contribution >= 0.6 is 0 Å². The topological polar surface area (TPSA) is 39.1 Å². The number of hydrazine groups is 1. The summed E-state index contributed by atoms with van der Waals surface area (Å²) in [5.41, 5.74) is 3.13. The Morgan fingerprint density at radius 2 is 2.44 bits per heavy atom. The Morgan fingerprint density at radius 1 is 1.78 bits per heavy atom. The quantitative estimate of drug-likeness (QED) is 0.494. The van der Waals surface area contributed by atoms with Crippen LogP contribution in [0.15, 0.2) is 0 Å². The van der Waals surface area contributed by atoms with E-state index in [1.807, 2.05) is 19.0 Å². The van der Waals surface area contributed by atoms with Crippen LogP contribution in [-0.4, -0.2) is 24.6 Å². The van der Waals surface area contributed by atoms with Crippen molar-refractivity contribution in [3.63, 3.8) is 0 Å². The van der Waals surface area contributed by atoms with Gasteiger partial charge in [0.25, 0.3) is 0 Å². The monoisotopic (exact) mass is 125 g/mol. The molecule has 0 aromatic heterocycles. The standard InChI is InChI=1S/C6H11N3/c1-5-6(3-7)4-9(2)8-5/h5-6,8H,4H2,1-2H3. The fourth-order valence-corrected chi connectivity index (χ4v) is 1.10. The molecule has 0 spiro atoms. The van der Waals surface area contributed by atoms with Gasteiger partial charge in [-0.1, -0.05) is 0 Å². The Morgan fingerprint density at radius 3 is 2.67 bits per heavy atom. The summed E-state index contributed by atoms with van der Waals surface area (Å²) in [6, 6.07) is 2.56. The number of nitrogens with zero attached hydrogens (tertiary/aromatic N) is 2. The minimum atomic E-state index is 0.162. The Hall–Kier alpha value is -0.590. The first-order valence-electron chi connectivity index (χ1n) is 3.11. The van der Waals surface area contributed by atoms with E-state index < -0.39 is 0 Å². The average molecular weight is 125 g/mol. The zero-order valence-electron chi connectivity index (χ0n) is 5.76. The summed E-state index contributed by atoms with van der Waals surface area (Å²) in [6.45, 7) is 2.87. The van der Waals surface area contributed by atoms with E-state index in [0.717, 1.165) is 6.54 Å². The maximum atomic E-state index is 8.54. The fourth-order valence-electron chi connectivity index (χ4n) is 1.10. The SMILES string of the molecule is CC1NN(C)CC1C#N. The molecule has 1 fully saturated rings. The van der Waals surface area contributed by atoms with E-state index in [2.05, 4.69) is 11.5 Å². The second kappa shape index (κ2) is 2.34. The molecular formula is C6H11N3. The molecule has 1 heterocycles. The molecule has 0 aromatic carbocycles. The lowest BCUT2D eigenvalue weighted by Gasteiger charge is -2.06. The number of nitriles is 1. The molecule has 9 heavy (non-hydrogen) atoms. The zero-order chi connectivity index (χ0) is 6.85. The van der Waals surface area contributed by atoms with Gasteiger partial charge in [0.1, 0.15) is 0 Å². The molecule has 0 bridgehead atoms. The largest absolute Gasteiger partial charge is 0.251 e. The molecule has 0 aliphatic carbocycles. The van der Waals surface area contributed by atoms with Crippen LogP contribution in [0.2, 0.25) is 0 Å². The van der Waals surface area contributed by atoms with E-state index in [1.54, 1.807) is 0 Å². The minimum Gasteiger partial charge on any atom is -0.251 e. The number of nitrogens with one attached hydrogen (secondary N) is 1. The predicted molar refractivity (Wildman–Crippen MR) is 34.3 cm³/mol. The van der Waals surface area contributed by atoms with Crippen LogP contribution in [0.1, 0.15) is 6.92 Å². The molecular weight excluding hydrogens is 114 g/mol. The van der Waals surface area contributed by atoms with Crippen molar-refractivity contribution < 1.29 is 0 Å². The van der Waals surface area contributed by atoms with Crippen molar-refractivity contribution in [3.05, 3.63) is 0 Å². The van der Waals surface area contributed by atoms with Gasteiger partial charge in [0.15, 0.2) is 0 Å². The third-order valence-corrected chi connectivity index (χ3v) is 1.66. The fraction of sp³-hybridized carbons (Fsp3) is 0.833. The molecule has 1 saturated heterocycles. The van der Waals surface area contributed by atoms with Crippen LogP contribution in [0.3, 0.4) is 0 Å². The predicted octanol–water partition coefficient (Wildman–Crippen LogP) is -0.0353. The van der Waals surface area contributed by atoms with Crippen LogP contribution in [0, 0.1) is 17.2 Å². The van der Waals surface area contributed by atoms with Gasteiger partial charge in [0.2, 0.25) is 0 Å². The van der Waals surface area contributed by atoms with Crippen molar-refractivity contribution in [2.45, 2.75) is 13.0 Å². The highest BCUT2D eigenvalue weighted by atomic mass is 15.5. The summed E-state index contributed by atoms with van der Waals surface area (Å²) in [5, 5.41) is 10.5. The highest BCUT2D eigenvalue weighted by molar-refractivity contribution is 4.94. The van der Waals surface area contributed by atoms with Gasteiger partial charge in [-0.15, -0.1) is 0 Å². The maximum absolute atomic E-state index is 8.54. The molecule has 1 aliphatic heterocycles. The first kappa shape index (κ1) is 6.53. The zero-order valence-corrected chi connectivity index (χ0v) is 5.76. The summed E-state index contributed by atoms with van der Waals surface area (Å²) < 4.78 is 0. The van der Waals surface area contributed by atoms with Crippen molar-refractivity contribution in [2.75, 3.05) is 13.6 Å². The Labute approximate surface area is 55.2 Å². The minimum absolute atomic E-state index is 0.162. The maximum Gasteiger partial charge on any atom is 0.0768 e. The molecule has 0 amide bonds. The van der Waals surface area contributed by atoms with Crippen molar-refractivity contribution in [2.24, 2.45) is 5.92 Å². The van der Waals surface area contributed by atoms with E-state index in [0.29, 0.717) is 6.04 Å². The van der Waals surface area contributed by atoms with E-state index in [4.69, 9.17) is 5.26 Å². The van der Waals surface area contributed by atoms with Crippen LogP contribution in [0.25, 0.3) is 0 Å². The summed E-state index contributed by atoms with van der Waals surface area (Å²) in [6.07, 6.45) is 0. The van der Waals surface area contributed by atoms with E-state index in [1.165, 1.54) is 0 Å². The lowest BCUT2D eigenvalue weighted by molar-refractivity contribution is 0.296. The highest BCUT2D eigenvalue weighted by Gasteiger charge is 2.25. The lowest BCUT2D eigenvalue weighted by atomic mass is 10.1. The smallest absolute Gasteiger partial charge is 0.0768 e. The van der Waals surface area contributed by atoms with Crippen molar-refractivity contribution in [3.8, 4) is 6.07 Å². The molecule has 0 saturated carbocycles. The number of rotatable bonds is 0. The lowest BCUT2D eigenvalue weighted by Crippen LogP contribution is -2.30. The molecule has 1 aliphatic rings. The van der Waals surface area contributed by atoms with E-state index in [9.17, 15) is 0 Å². The Bertz CT molecular complexity index is 138. The van der Waals surface area contributed by atoms with Crippen LogP contribution in [0.4, 0.5) is 0 Å². The number of hydrogen-bond donors (Lipinski definition) is 1. The van der Waals surface area contributed by atoms with Gasteiger partial charge in [-0.05, 0) is 6.92 Å². The van der Waals surface area contributed by atoms with Crippen molar-refractivity contribution in [1.29, 1.82) is 5.26 Å². The van der Waals surface area contributed by atoms with Gasteiger partial charge in [-0.3, -0.25) is 5.43 Å². The molecule has 50 valence electrons. The van der Waals surface area contributed by atoms with Crippen LogP contribution < -0.4 is 5.43 Å². The summed E-state index contributed by atoms with van der Waals surface area (Å²) >= 11 is 0. The molecule has 3 heteroatoms. The molecule has 1 rings (SSSR count). The molecule has 2 unspecified atom stereocenters. The third kappa shape index (κ3) is 1.21. The summed E-state index contributed by atoms with van der Waals surface area (Å²) in [7, 11) is 1.95. The van der Waals surface area contributed by atoms with Gasteiger partial charge in [0, 0.05) is 19.6 Å². The Kier molecular flexibility index (Phi) is 1.70.